The molecular weight excluding hydrogens is 218 g/mol. The first-order valence-electron chi connectivity index (χ1n) is 5.29. The quantitative estimate of drug-likeness (QED) is 0.598. The molecule has 86 valence electrons. The van der Waals surface area contributed by atoms with Gasteiger partial charge < -0.3 is 4.74 Å². The summed E-state index contributed by atoms with van der Waals surface area (Å²) in [6.07, 6.45) is 0. The normalized spacial score (nSPS) is 10.2. The van der Waals surface area contributed by atoms with Crippen LogP contribution in [-0.2, 0) is 4.74 Å². The van der Waals surface area contributed by atoms with Crippen LogP contribution in [0.3, 0.4) is 0 Å². The number of rotatable bonds is 3. The molecule has 0 heterocycles. The van der Waals surface area contributed by atoms with Gasteiger partial charge in [-0.1, -0.05) is 12.1 Å². The number of hydrogen-bond acceptors (Lipinski definition) is 4. The van der Waals surface area contributed by atoms with Crippen LogP contribution in [0.5, 0.6) is 0 Å². The predicted molar refractivity (Wildman–Crippen MR) is 65.4 cm³/mol. The summed E-state index contributed by atoms with van der Waals surface area (Å²) in [5.74, 6) is -0.341. The first-order valence-corrected chi connectivity index (χ1v) is 5.29. The molecule has 0 spiro atoms. The summed E-state index contributed by atoms with van der Waals surface area (Å²) in [5.41, 5.74) is 0.882. The number of carbonyl (C=O) groups is 1. The fraction of sp³-hybridized carbons (Fsp3) is 0.154. The van der Waals surface area contributed by atoms with Crippen LogP contribution >= 0.6 is 0 Å². The standard InChI is InChI=1S/C13H11NO3/c1-2-17-13(15)11-4-3-10-8-12(14-16)6-5-9(10)7-11/h3-8H,2H2,1H3. The second kappa shape index (κ2) is 4.74. The molecule has 2 aromatic carbocycles. The highest BCUT2D eigenvalue weighted by Crippen LogP contribution is 2.22. The number of esters is 1. The number of ether oxygens (including phenoxy) is 1. The number of nitroso groups, excluding NO2 is 1. The number of nitrogens with zero attached hydrogens (tertiary/aromatic N) is 1. The molecule has 0 saturated heterocycles. The van der Waals surface area contributed by atoms with E-state index in [2.05, 4.69) is 5.18 Å². The van der Waals surface area contributed by atoms with Gasteiger partial charge in [0.25, 0.3) is 0 Å². The van der Waals surface area contributed by atoms with E-state index in [4.69, 9.17) is 4.74 Å². The van der Waals surface area contributed by atoms with Gasteiger partial charge in [0.2, 0.25) is 0 Å². The Kier molecular flexibility index (Phi) is 3.14. The van der Waals surface area contributed by atoms with Crippen molar-refractivity contribution < 1.29 is 9.53 Å². The Morgan fingerprint density at radius 1 is 1.18 bits per heavy atom. The number of benzene rings is 2. The van der Waals surface area contributed by atoms with E-state index in [0.717, 1.165) is 10.8 Å². The molecule has 2 rings (SSSR count). The Hall–Kier alpha value is -2.23. The summed E-state index contributed by atoms with van der Waals surface area (Å²) < 4.78 is 4.91. The topological polar surface area (TPSA) is 55.7 Å². The lowest BCUT2D eigenvalue weighted by molar-refractivity contribution is 0.0526. The molecule has 4 nitrogen and oxygen atoms in total. The van der Waals surface area contributed by atoms with Crippen molar-refractivity contribution in [3.8, 4) is 0 Å². The van der Waals surface area contributed by atoms with E-state index in [9.17, 15) is 9.70 Å². The summed E-state index contributed by atoms with van der Waals surface area (Å²) in [5, 5.41) is 4.61. The van der Waals surface area contributed by atoms with E-state index in [-0.39, 0.29) is 5.97 Å². The fourth-order valence-corrected chi connectivity index (χ4v) is 1.63. The van der Waals surface area contributed by atoms with Crippen LogP contribution in [-0.4, -0.2) is 12.6 Å². The lowest BCUT2D eigenvalue weighted by Gasteiger charge is -2.03. The van der Waals surface area contributed by atoms with Crippen molar-refractivity contribution in [1.29, 1.82) is 0 Å². The van der Waals surface area contributed by atoms with Crippen LogP contribution in [0, 0.1) is 4.91 Å². The van der Waals surface area contributed by atoms with Crippen molar-refractivity contribution in [2.24, 2.45) is 5.18 Å². The second-order valence-electron chi connectivity index (χ2n) is 3.56. The largest absolute Gasteiger partial charge is 0.462 e. The van der Waals surface area contributed by atoms with Crippen molar-refractivity contribution in [3.05, 3.63) is 46.9 Å². The van der Waals surface area contributed by atoms with E-state index in [1.54, 1.807) is 43.3 Å². The summed E-state index contributed by atoms with van der Waals surface area (Å²) in [7, 11) is 0. The van der Waals surface area contributed by atoms with Crippen molar-refractivity contribution in [1.82, 2.24) is 0 Å². The molecule has 17 heavy (non-hydrogen) atoms. The highest BCUT2D eigenvalue weighted by atomic mass is 16.5. The Morgan fingerprint density at radius 2 is 1.88 bits per heavy atom. The molecule has 0 amide bonds. The molecule has 0 N–H and O–H groups in total. The van der Waals surface area contributed by atoms with E-state index >= 15 is 0 Å². The van der Waals surface area contributed by atoms with Gasteiger partial charge in [0, 0.05) is 0 Å². The molecule has 0 aliphatic heterocycles. The van der Waals surface area contributed by atoms with Gasteiger partial charge in [-0.3, -0.25) is 0 Å². The van der Waals surface area contributed by atoms with Gasteiger partial charge in [-0.2, -0.15) is 0 Å². The van der Waals surface area contributed by atoms with Gasteiger partial charge in [0.05, 0.1) is 12.2 Å². The summed E-state index contributed by atoms with van der Waals surface area (Å²) >= 11 is 0. The average Bonchev–Trinajstić information content (AvgIpc) is 2.37. The van der Waals surface area contributed by atoms with Crippen molar-refractivity contribution >= 4 is 22.4 Å². The highest BCUT2D eigenvalue weighted by molar-refractivity contribution is 5.96. The van der Waals surface area contributed by atoms with E-state index in [1.165, 1.54) is 0 Å². The minimum Gasteiger partial charge on any atom is -0.462 e. The number of fused-ring (bicyclic) bond motifs is 1. The predicted octanol–water partition coefficient (Wildman–Crippen LogP) is 3.41. The smallest absolute Gasteiger partial charge is 0.338 e. The van der Waals surface area contributed by atoms with Crippen molar-refractivity contribution in [2.75, 3.05) is 6.61 Å². The fourth-order valence-electron chi connectivity index (χ4n) is 1.63. The Morgan fingerprint density at radius 3 is 2.59 bits per heavy atom. The SMILES string of the molecule is CCOC(=O)c1ccc2cc(N=O)ccc2c1. The lowest BCUT2D eigenvalue weighted by atomic mass is 10.1. The molecule has 0 aliphatic carbocycles. The molecule has 4 heteroatoms. The summed E-state index contributed by atoms with van der Waals surface area (Å²) in [6, 6.07) is 10.2. The third kappa shape index (κ3) is 2.30. The molecule has 0 bridgehead atoms. The first-order chi connectivity index (χ1) is 8.24. The van der Waals surface area contributed by atoms with E-state index in [0.29, 0.717) is 17.9 Å². The van der Waals surface area contributed by atoms with Crippen LogP contribution in [0.15, 0.2) is 41.6 Å². The summed E-state index contributed by atoms with van der Waals surface area (Å²) in [6.45, 7) is 2.12. The molecule has 0 saturated carbocycles. The molecular formula is C13H11NO3. The second-order valence-corrected chi connectivity index (χ2v) is 3.56. The van der Waals surface area contributed by atoms with Crippen LogP contribution in [0.2, 0.25) is 0 Å². The molecule has 2 aromatic rings. The maximum atomic E-state index is 11.5. The van der Waals surface area contributed by atoms with Gasteiger partial charge in [0.15, 0.2) is 0 Å². The van der Waals surface area contributed by atoms with Crippen LogP contribution in [0.4, 0.5) is 5.69 Å². The maximum absolute atomic E-state index is 11.5. The Bertz CT molecular complexity index is 578. The Labute approximate surface area is 98.2 Å². The third-order valence-corrected chi connectivity index (χ3v) is 2.44. The minimum atomic E-state index is -0.341. The number of hydrogen-bond donors (Lipinski definition) is 0. The molecule has 0 atom stereocenters. The monoisotopic (exact) mass is 229 g/mol. The van der Waals surface area contributed by atoms with Crippen LogP contribution < -0.4 is 0 Å². The highest BCUT2D eigenvalue weighted by Gasteiger charge is 2.07. The van der Waals surface area contributed by atoms with Gasteiger partial charge >= 0.3 is 5.97 Å². The minimum absolute atomic E-state index is 0.341. The average molecular weight is 229 g/mol. The third-order valence-electron chi connectivity index (χ3n) is 2.44. The van der Waals surface area contributed by atoms with Crippen LogP contribution in [0.25, 0.3) is 10.8 Å². The van der Waals surface area contributed by atoms with Gasteiger partial charge in [-0.15, -0.1) is 4.91 Å². The molecule has 0 aromatic heterocycles. The number of carbonyl (C=O) groups excluding carboxylic acids is 1. The molecule has 0 fully saturated rings. The van der Waals surface area contributed by atoms with E-state index in [1.807, 2.05) is 0 Å². The van der Waals surface area contributed by atoms with Gasteiger partial charge in [-0.05, 0) is 47.1 Å². The van der Waals surface area contributed by atoms with Crippen LogP contribution in [0.1, 0.15) is 17.3 Å². The van der Waals surface area contributed by atoms with Crippen molar-refractivity contribution in [3.63, 3.8) is 0 Å². The Balaban J connectivity index is 2.44. The molecule has 0 aliphatic rings. The van der Waals surface area contributed by atoms with E-state index < -0.39 is 0 Å². The first kappa shape index (κ1) is 11.3. The summed E-state index contributed by atoms with van der Waals surface area (Å²) in [4.78, 5) is 21.9. The zero-order chi connectivity index (χ0) is 12.3. The van der Waals surface area contributed by atoms with Gasteiger partial charge in [-0.25, -0.2) is 4.79 Å². The van der Waals surface area contributed by atoms with Gasteiger partial charge in [0.1, 0.15) is 5.69 Å². The van der Waals surface area contributed by atoms with Crippen molar-refractivity contribution in [2.45, 2.75) is 6.92 Å². The molecule has 0 unspecified atom stereocenters. The lowest BCUT2D eigenvalue weighted by Crippen LogP contribution is -2.04. The zero-order valence-electron chi connectivity index (χ0n) is 9.34. The zero-order valence-corrected chi connectivity index (χ0v) is 9.34. The maximum Gasteiger partial charge on any atom is 0.338 e. The molecule has 0 radical (unpaired) electrons.